The van der Waals surface area contributed by atoms with E-state index in [0.717, 1.165) is 45.0 Å². The third-order valence-corrected chi connectivity index (χ3v) is 46.9. The molecule has 12 nitrogen and oxygen atoms in total. The average molecular weight is 2860 g/mol. The molecule has 748 valence electrons. The maximum atomic E-state index is 8.49. The third kappa shape index (κ3) is 41.0. The molecule has 8 N–H and O–H groups in total. The fraction of sp³-hybridized carbons (Fsp3) is 0.393. The Bertz CT molecular complexity index is 5610. The molecule has 4 heterocycles. The first-order valence-electron chi connectivity index (χ1n) is 46.4. The van der Waals surface area contributed by atoms with E-state index in [1.807, 2.05) is 12.4 Å². The van der Waals surface area contributed by atoms with Gasteiger partial charge in [-0.05, 0) is 124 Å². The number of allylic oxidation sites excluding steroid dienone is 4. The van der Waals surface area contributed by atoms with Crippen LogP contribution in [0.3, 0.4) is 0 Å². The Kier molecular flexibility index (Phi) is 51.9. The summed E-state index contributed by atoms with van der Waals surface area (Å²) in [5, 5.41) is 84.5. The smallest absolute Gasteiger partial charge is 0.0783 e. The zero-order chi connectivity index (χ0) is 101. The maximum Gasteiger partial charge on any atom is 0.0783 e. The zero-order valence-electron chi connectivity index (χ0n) is 89.2. The normalized spacial score (nSPS) is 13.1. The third-order valence-electron chi connectivity index (χ3n) is 21.8. The van der Waals surface area contributed by atoms with Gasteiger partial charge in [0.2, 0.25) is 0 Å². The Morgan fingerprint density at radius 1 is 0.287 bits per heavy atom. The van der Waals surface area contributed by atoms with Crippen molar-refractivity contribution in [1.29, 1.82) is 0 Å². The van der Waals surface area contributed by atoms with Gasteiger partial charge in [-0.3, -0.25) is 0 Å². The first kappa shape index (κ1) is 129. The van der Waals surface area contributed by atoms with Gasteiger partial charge in [0.15, 0.2) is 0 Å². The number of aromatic nitrogens is 4. The predicted molar refractivity (Wildman–Crippen MR) is 598 cm³/mol. The minimum Gasteiger partial charge on any atom is -0.304 e. The van der Waals surface area contributed by atoms with Crippen LogP contribution in [0.2, 0.25) is 148 Å². The standard InChI is InChI=1S/2C23H30Ge2N.2C23H30NSi2.4C5H10O2.4Ir/c1-16-11-17(2)13-18(12-16)23-21-14-19(24(3,4)5)15-22(25(6,7)8)20(21)9-10-26-23;1-16-11-17(2)13-18(12-16)23-20-10-9-19(24(3,4)5)14-21(20)22(15-26-23)25(6,7)8;1-16-11-17(2)13-18(12-16)23-21-14-19(25(3,4)5)15-22(26(6,7)8)20(21)9-10-24-23;1-16-11-17(2)13-18(12-16)23-20-10-9-19(25(3,4)5)14-21(20)22(15-24-23)26(6,7)8;4*1-4(6)3-5(2)7;;;;/h4*9-12,14-15H,1-8H3;4*3-4,6-7H,1-2H3;;;;/q4*-1;;;;;;;;. The van der Waals surface area contributed by atoms with Gasteiger partial charge in [-0.25, -0.2) is 0 Å². The summed E-state index contributed by atoms with van der Waals surface area (Å²) in [6.45, 7) is 58.6. The predicted octanol–water partition coefficient (Wildman–Crippen LogP) is 24.9. The molecule has 0 aliphatic carbocycles. The molecule has 0 bridgehead atoms. The van der Waals surface area contributed by atoms with Gasteiger partial charge >= 0.3 is 329 Å². The van der Waals surface area contributed by atoms with E-state index < -0.39 is 110 Å². The van der Waals surface area contributed by atoms with Crippen LogP contribution in [0.25, 0.3) is 88.1 Å². The first-order chi connectivity index (χ1) is 60.4. The number of aliphatic hydroxyl groups excluding tert-OH is 8. The molecule has 12 rings (SSSR count). The van der Waals surface area contributed by atoms with Gasteiger partial charge in [0.25, 0.3) is 0 Å². The number of aryl methyl sites for hydroxylation is 8. The number of rotatable bonds is 16. The van der Waals surface area contributed by atoms with Crippen molar-refractivity contribution in [2.75, 3.05) is 0 Å². The molecule has 0 aliphatic rings. The fourth-order valence-corrected chi connectivity index (χ4v) is 33.1. The Hall–Kier alpha value is -4.96. The molecule has 0 spiro atoms. The quantitative estimate of drug-likeness (QED) is 0.0258. The van der Waals surface area contributed by atoms with Crippen LogP contribution in [0.4, 0.5) is 0 Å². The Morgan fingerprint density at radius 2 is 0.588 bits per heavy atom. The molecule has 12 aromatic rings. The van der Waals surface area contributed by atoms with Crippen molar-refractivity contribution in [1.82, 2.24) is 19.9 Å². The van der Waals surface area contributed by atoms with Gasteiger partial charge in [0.05, 0.1) is 79.7 Å². The molecule has 8 aromatic carbocycles. The molecule has 4 atom stereocenters. The molecular formula is C112H160Ge4Ir4N4O8Si4-4. The van der Waals surface area contributed by atoms with Crippen molar-refractivity contribution in [3.8, 4) is 45.0 Å². The summed E-state index contributed by atoms with van der Waals surface area (Å²) in [5.41, 5.74) is 18.5. The fourth-order valence-electron chi connectivity index (χ4n) is 15.6. The van der Waals surface area contributed by atoms with Crippen LogP contribution in [-0.2, 0) is 80.4 Å². The molecule has 136 heavy (non-hydrogen) atoms. The summed E-state index contributed by atoms with van der Waals surface area (Å²) in [5.74, 6) is 30.4. The largest absolute Gasteiger partial charge is 0.304 e. The van der Waals surface area contributed by atoms with Crippen LogP contribution < -0.4 is 38.3 Å². The Morgan fingerprint density at radius 3 is 0.890 bits per heavy atom. The van der Waals surface area contributed by atoms with Gasteiger partial charge in [-0.1, -0.05) is 152 Å². The van der Waals surface area contributed by atoms with E-state index in [1.54, 1.807) is 46.1 Å². The second kappa shape index (κ2) is 54.7. The van der Waals surface area contributed by atoms with Crippen LogP contribution in [0.5, 0.6) is 0 Å². The number of nitrogens with zero attached hydrogens (tertiary/aromatic N) is 4. The Labute approximate surface area is 888 Å². The molecule has 0 saturated heterocycles. The van der Waals surface area contributed by atoms with Crippen LogP contribution in [0, 0.1) is 79.7 Å². The molecule has 0 amide bonds. The van der Waals surface area contributed by atoms with Crippen LogP contribution >= 0.6 is 0 Å². The molecule has 0 saturated carbocycles. The summed E-state index contributed by atoms with van der Waals surface area (Å²) in [4.78, 5) is 19.5. The minimum absolute atomic E-state index is 0. The molecule has 0 aliphatic heterocycles. The summed E-state index contributed by atoms with van der Waals surface area (Å²) in [7, 11) is -5.73. The van der Waals surface area contributed by atoms with Crippen LogP contribution in [0.1, 0.15) is 99.9 Å². The summed E-state index contributed by atoms with van der Waals surface area (Å²) in [6, 6.07) is 60.3. The van der Waals surface area contributed by atoms with E-state index >= 15 is 0 Å². The second-order valence-electron chi connectivity index (χ2n) is 44.3. The number of hydrogen-bond donors (Lipinski definition) is 8. The topological polar surface area (TPSA) is 213 Å². The SMILES string of the molecule is CC(O)=CC(C)O.CC(O)=CC(C)O.CC(O)=CC(C)O.CC(O)=CC(C)O.Cc1[c-]c(-c2nc[c]([Ge]([CH3])([CH3])[CH3])c3c[c]([Ge]([CH3])([CH3])[CH3])ccc23)cc(C)c1.Cc1[c-]c(-c2ncc([Si](C)(C)C)c3cc([Si](C)(C)C)ccc23)cc(C)c1.Cc1[c-]c(-c2nccc3[c]([Ge]([CH3])([CH3])[CH3])c[c]([Ge]([CH3])([CH3])[CH3])cc23)cc(C)c1.Cc1[c-]c(-c2nccc3c([Si](C)(C)C)cc([Si](C)(C)C)cc23)cc(C)c1.[Ir].[Ir].[Ir].[Ir]. The molecule has 0 fully saturated rings. The van der Waals surface area contributed by atoms with Crippen LogP contribution in [0.15, 0.2) is 193 Å². The van der Waals surface area contributed by atoms with E-state index in [4.69, 9.17) is 60.8 Å². The van der Waals surface area contributed by atoms with E-state index in [2.05, 4.69) is 361 Å². The monoisotopic (exact) mass is 2870 g/mol. The Balaban J connectivity index is 0.000000819. The molecule has 4 aromatic heterocycles. The van der Waals surface area contributed by atoms with Crippen molar-refractivity contribution in [2.24, 2.45) is 0 Å². The van der Waals surface area contributed by atoms with E-state index in [9.17, 15) is 0 Å². The molecule has 4 radical (unpaired) electrons. The van der Waals surface area contributed by atoms with Gasteiger partial charge in [-0.2, -0.15) is 0 Å². The summed E-state index contributed by atoms with van der Waals surface area (Å²) < 4.78 is 6.30. The summed E-state index contributed by atoms with van der Waals surface area (Å²) >= 11 is -7.86. The number of hydrogen-bond acceptors (Lipinski definition) is 12. The summed E-state index contributed by atoms with van der Waals surface area (Å²) in [6.07, 6.45) is 11.6. The van der Waals surface area contributed by atoms with Crippen molar-refractivity contribution in [2.45, 2.75) is 283 Å². The van der Waals surface area contributed by atoms with Crippen molar-refractivity contribution < 1.29 is 121 Å². The second-order valence-corrected chi connectivity index (χ2v) is 107. The zero-order valence-corrected chi connectivity index (χ0v) is 111. The van der Waals surface area contributed by atoms with Crippen molar-refractivity contribution in [3.05, 3.63) is 262 Å². The number of aliphatic hydroxyl groups is 8. The maximum absolute atomic E-state index is 8.49. The van der Waals surface area contributed by atoms with Crippen molar-refractivity contribution in [3.63, 3.8) is 0 Å². The minimum atomic E-state index is -2.02. The van der Waals surface area contributed by atoms with Gasteiger partial charge in [0, 0.05) is 92.8 Å². The molecular weight excluding hydrogens is 2700 g/mol. The average Bonchev–Trinajstić information content (AvgIpc) is 0.773. The van der Waals surface area contributed by atoms with E-state index in [1.165, 1.54) is 160 Å². The van der Waals surface area contributed by atoms with Crippen LogP contribution in [-0.4, -0.2) is 171 Å². The van der Waals surface area contributed by atoms with E-state index in [-0.39, 0.29) is 103 Å². The van der Waals surface area contributed by atoms with Gasteiger partial charge in [0.1, 0.15) is 0 Å². The first-order valence-corrected chi connectivity index (χ1v) is 89.8. The van der Waals surface area contributed by atoms with Gasteiger partial charge in [-0.15, -0.1) is 69.8 Å². The van der Waals surface area contributed by atoms with Gasteiger partial charge < -0.3 is 50.8 Å². The molecule has 24 heteroatoms. The number of benzene rings is 8. The number of fused-ring (bicyclic) bond motifs is 4. The van der Waals surface area contributed by atoms with E-state index in [0.29, 0.717) is 0 Å². The molecule has 4 unspecified atom stereocenters. The number of pyridine rings is 4. The van der Waals surface area contributed by atoms with Crippen molar-refractivity contribution >= 4 is 167 Å².